The second kappa shape index (κ2) is 6.34. The quantitative estimate of drug-likeness (QED) is 0.648. The molecule has 1 saturated carbocycles. The molecule has 0 spiro atoms. The molecule has 0 radical (unpaired) electrons. The minimum absolute atomic E-state index is 0.0305. The molecule has 2 rings (SSSR count). The summed E-state index contributed by atoms with van der Waals surface area (Å²) in [6.45, 7) is 9.80. The fraction of sp³-hybridized carbons (Fsp3) is 0.800. The lowest BCUT2D eigenvalue weighted by Gasteiger charge is -2.41. The van der Waals surface area contributed by atoms with E-state index in [1.54, 1.807) is 6.92 Å². The van der Waals surface area contributed by atoms with E-state index < -0.39 is 17.3 Å². The molecule has 0 amide bonds. The van der Waals surface area contributed by atoms with Gasteiger partial charge in [-0.25, -0.2) is 0 Å². The van der Waals surface area contributed by atoms with Crippen LogP contribution in [0.5, 0.6) is 0 Å². The lowest BCUT2D eigenvalue weighted by Crippen LogP contribution is -2.45. The summed E-state index contributed by atoms with van der Waals surface area (Å²) in [4.78, 5) is 0. The van der Waals surface area contributed by atoms with Gasteiger partial charge in [0.25, 0.3) is 0 Å². The molecule has 23 heavy (non-hydrogen) atoms. The average Bonchev–Trinajstić information content (AvgIpc) is 2.73. The second-order valence-electron chi connectivity index (χ2n) is 8.93. The van der Waals surface area contributed by atoms with Crippen LogP contribution in [-0.4, -0.2) is 32.6 Å². The first kappa shape index (κ1) is 18.7. The molecule has 0 aromatic carbocycles. The Bertz CT molecular complexity index is 472. The Labute approximate surface area is 141 Å². The van der Waals surface area contributed by atoms with Crippen LogP contribution >= 0.6 is 0 Å². The lowest BCUT2D eigenvalue weighted by atomic mass is 9.68. The Morgan fingerprint density at radius 3 is 2.43 bits per heavy atom. The van der Waals surface area contributed by atoms with Crippen LogP contribution in [0.4, 0.5) is 0 Å². The van der Waals surface area contributed by atoms with Crippen molar-refractivity contribution in [1.29, 1.82) is 0 Å². The van der Waals surface area contributed by atoms with Crippen LogP contribution in [0, 0.1) is 23.2 Å². The summed E-state index contributed by atoms with van der Waals surface area (Å²) in [7, 11) is 0. The third kappa shape index (κ3) is 4.26. The maximum atomic E-state index is 11.0. The Kier molecular flexibility index (Phi) is 5.16. The fourth-order valence-electron chi connectivity index (χ4n) is 4.58. The van der Waals surface area contributed by atoms with Crippen molar-refractivity contribution in [2.24, 2.45) is 23.2 Å². The number of aliphatic hydroxyl groups is 3. The first-order valence-corrected chi connectivity index (χ1v) is 8.94. The summed E-state index contributed by atoms with van der Waals surface area (Å²) in [6, 6.07) is 0. The van der Waals surface area contributed by atoms with Gasteiger partial charge in [-0.1, -0.05) is 38.2 Å². The summed E-state index contributed by atoms with van der Waals surface area (Å²) >= 11 is 0. The van der Waals surface area contributed by atoms with E-state index in [2.05, 4.69) is 26.0 Å². The molecular weight excluding hydrogens is 288 g/mol. The van der Waals surface area contributed by atoms with Crippen molar-refractivity contribution < 1.29 is 15.3 Å². The molecule has 0 unspecified atom stereocenters. The molecule has 2 aliphatic rings. The Morgan fingerprint density at radius 2 is 1.83 bits per heavy atom. The molecule has 0 heterocycles. The normalized spacial score (nSPS) is 48.3. The predicted octanol–water partition coefficient (Wildman–Crippen LogP) is 3.44. The summed E-state index contributed by atoms with van der Waals surface area (Å²) in [6.07, 6.45) is 10.7. The second-order valence-corrected chi connectivity index (χ2v) is 8.93. The first-order valence-electron chi connectivity index (χ1n) is 8.94. The van der Waals surface area contributed by atoms with Gasteiger partial charge < -0.3 is 15.3 Å². The zero-order valence-electron chi connectivity index (χ0n) is 15.3. The van der Waals surface area contributed by atoms with Gasteiger partial charge in [0.05, 0.1) is 17.3 Å². The molecule has 0 saturated heterocycles. The maximum absolute atomic E-state index is 11.0. The molecule has 3 N–H and O–H groups in total. The summed E-state index contributed by atoms with van der Waals surface area (Å²) in [5, 5.41) is 32.2. The van der Waals surface area contributed by atoms with Crippen molar-refractivity contribution in [2.75, 3.05) is 0 Å². The molecule has 6 atom stereocenters. The molecule has 0 aliphatic heterocycles. The van der Waals surface area contributed by atoms with Gasteiger partial charge in [0.15, 0.2) is 0 Å². The lowest BCUT2D eigenvalue weighted by molar-refractivity contribution is -0.0700. The van der Waals surface area contributed by atoms with Crippen molar-refractivity contribution in [1.82, 2.24) is 0 Å². The maximum Gasteiger partial charge on any atom is 0.0824 e. The third-order valence-electron chi connectivity index (χ3n) is 5.92. The minimum Gasteiger partial charge on any atom is -0.393 e. The van der Waals surface area contributed by atoms with Crippen LogP contribution < -0.4 is 0 Å². The van der Waals surface area contributed by atoms with E-state index in [1.807, 2.05) is 26.0 Å². The van der Waals surface area contributed by atoms with Crippen LogP contribution in [0.15, 0.2) is 24.3 Å². The van der Waals surface area contributed by atoms with Crippen LogP contribution in [0.3, 0.4) is 0 Å². The number of allylic oxidation sites excluding steroid dienone is 3. The third-order valence-corrected chi connectivity index (χ3v) is 5.92. The van der Waals surface area contributed by atoms with Gasteiger partial charge >= 0.3 is 0 Å². The summed E-state index contributed by atoms with van der Waals surface area (Å²) < 4.78 is 0. The van der Waals surface area contributed by atoms with E-state index in [9.17, 15) is 15.3 Å². The van der Waals surface area contributed by atoms with Gasteiger partial charge in [-0.05, 0) is 63.2 Å². The monoisotopic (exact) mass is 322 g/mol. The summed E-state index contributed by atoms with van der Waals surface area (Å²) in [5.41, 5.74) is -1.99. The van der Waals surface area contributed by atoms with E-state index in [4.69, 9.17) is 0 Å². The molecule has 1 fully saturated rings. The number of fused-ring (bicyclic) bond motifs is 1. The van der Waals surface area contributed by atoms with Gasteiger partial charge in [-0.2, -0.15) is 0 Å². The van der Waals surface area contributed by atoms with Gasteiger partial charge in [0, 0.05) is 6.42 Å². The van der Waals surface area contributed by atoms with Gasteiger partial charge in [0.1, 0.15) is 0 Å². The van der Waals surface area contributed by atoms with Crippen LogP contribution in [-0.2, 0) is 0 Å². The van der Waals surface area contributed by atoms with Crippen LogP contribution in [0.2, 0.25) is 0 Å². The highest BCUT2D eigenvalue weighted by Crippen LogP contribution is 2.54. The standard InChI is InChI=1S/C20H34O3/c1-14-7-6-10-20(5,23)13-16(21)17-15(18(2,3)22)9-12-19(17,4)11-8-14/h6,8,10-11,14-17,21-23H,7,9,12-13H2,1-5H3/b10-6-,11-8+/t14-,15-,16+,17-,19+,20-/m1/s1. The van der Waals surface area contributed by atoms with E-state index in [-0.39, 0.29) is 17.3 Å². The van der Waals surface area contributed by atoms with Crippen LogP contribution in [0.1, 0.15) is 60.3 Å². The van der Waals surface area contributed by atoms with E-state index in [0.717, 1.165) is 19.3 Å². The van der Waals surface area contributed by atoms with Crippen LogP contribution in [0.25, 0.3) is 0 Å². The Morgan fingerprint density at radius 1 is 1.17 bits per heavy atom. The molecule has 3 nitrogen and oxygen atoms in total. The highest BCUT2D eigenvalue weighted by atomic mass is 16.3. The molecule has 132 valence electrons. The Hall–Kier alpha value is -0.640. The smallest absolute Gasteiger partial charge is 0.0824 e. The van der Waals surface area contributed by atoms with Crippen molar-refractivity contribution in [3.63, 3.8) is 0 Å². The minimum atomic E-state index is -1.02. The molecule has 3 heteroatoms. The van der Waals surface area contributed by atoms with E-state index in [0.29, 0.717) is 12.3 Å². The summed E-state index contributed by atoms with van der Waals surface area (Å²) in [5.74, 6) is 0.378. The van der Waals surface area contributed by atoms with E-state index >= 15 is 0 Å². The zero-order valence-corrected chi connectivity index (χ0v) is 15.3. The largest absolute Gasteiger partial charge is 0.393 e. The van der Waals surface area contributed by atoms with Crippen molar-refractivity contribution in [2.45, 2.75) is 77.6 Å². The number of rotatable bonds is 1. The SMILES string of the molecule is C[C@H]1/C=C/[C@@]2(C)CC[C@@H](C(C)(C)O)[C@@H]2[C@@H](O)C[C@](C)(O)/C=C\C1. The number of hydrogen-bond donors (Lipinski definition) is 3. The number of hydrogen-bond acceptors (Lipinski definition) is 3. The van der Waals surface area contributed by atoms with Crippen molar-refractivity contribution in [3.8, 4) is 0 Å². The fourth-order valence-corrected chi connectivity index (χ4v) is 4.58. The van der Waals surface area contributed by atoms with Gasteiger partial charge in [0.2, 0.25) is 0 Å². The first-order chi connectivity index (χ1) is 10.4. The predicted molar refractivity (Wildman–Crippen MR) is 93.9 cm³/mol. The molecule has 2 aliphatic carbocycles. The van der Waals surface area contributed by atoms with Gasteiger partial charge in [-0.3, -0.25) is 0 Å². The van der Waals surface area contributed by atoms with E-state index in [1.165, 1.54) is 0 Å². The van der Waals surface area contributed by atoms with Crippen molar-refractivity contribution in [3.05, 3.63) is 24.3 Å². The molecule has 0 bridgehead atoms. The van der Waals surface area contributed by atoms with Gasteiger partial charge in [-0.15, -0.1) is 0 Å². The Balaban J connectivity index is 2.43. The zero-order chi connectivity index (χ0) is 17.5. The molecule has 0 aromatic rings. The average molecular weight is 322 g/mol. The number of aliphatic hydroxyl groups excluding tert-OH is 1. The highest BCUT2D eigenvalue weighted by Gasteiger charge is 2.52. The highest BCUT2D eigenvalue weighted by molar-refractivity contribution is 5.14. The topological polar surface area (TPSA) is 60.7 Å². The van der Waals surface area contributed by atoms with Crippen molar-refractivity contribution >= 4 is 0 Å². The molecular formula is C20H34O3. The molecule has 0 aromatic heterocycles.